The van der Waals surface area contributed by atoms with E-state index in [4.69, 9.17) is 0 Å². The molecular formula is C35H64. The number of rotatable bonds is 20. The van der Waals surface area contributed by atoms with Crippen molar-refractivity contribution >= 4 is 0 Å². The van der Waals surface area contributed by atoms with Crippen molar-refractivity contribution in [2.45, 2.75) is 158 Å². The second kappa shape index (κ2) is 19.3. The maximum absolute atomic E-state index is 4.41. The fourth-order valence-electron chi connectivity index (χ4n) is 5.81. The van der Waals surface area contributed by atoms with Crippen molar-refractivity contribution in [1.82, 2.24) is 0 Å². The third-order valence-electron chi connectivity index (χ3n) is 8.71. The predicted octanol–water partition coefficient (Wildman–Crippen LogP) is 12.3. The number of hydrogen-bond acceptors (Lipinski definition) is 0. The summed E-state index contributed by atoms with van der Waals surface area (Å²) in [6.07, 6.45) is 28.0. The van der Waals surface area contributed by atoms with E-state index >= 15 is 0 Å². The minimum absolute atomic E-state index is 0.735. The summed E-state index contributed by atoms with van der Waals surface area (Å²) in [6, 6.07) is 0. The average molecular weight is 485 g/mol. The van der Waals surface area contributed by atoms with Gasteiger partial charge in [-0.3, -0.25) is 0 Å². The van der Waals surface area contributed by atoms with Crippen molar-refractivity contribution in [3.8, 4) is 0 Å². The zero-order chi connectivity index (χ0) is 26.1. The van der Waals surface area contributed by atoms with Crippen LogP contribution in [0.15, 0.2) is 35.5 Å². The summed E-state index contributed by atoms with van der Waals surface area (Å²) in [5.41, 5.74) is 4.65. The summed E-state index contributed by atoms with van der Waals surface area (Å²) in [6.45, 7) is 21.2. The Morgan fingerprint density at radius 3 is 1.83 bits per heavy atom. The van der Waals surface area contributed by atoms with E-state index in [1.807, 2.05) is 0 Å². The van der Waals surface area contributed by atoms with E-state index in [0.717, 1.165) is 29.6 Å². The number of allylic oxidation sites excluding steroid dienone is 5. The van der Waals surface area contributed by atoms with Crippen molar-refractivity contribution in [3.05, 3.63) is 35.5 Å². The molecule has 1 aliphatic carbocycles. The third-order valence-corrected chi connectivity index (χ3v) is 8.71. The topological polar surface area (TPSA) is 0 Å². The molecule has 1 aliphatic rings. The summed E-state index contributed by atoms with van der Waals surface area (Å²) >= 11 is 0. The molecule has 0 saturated heterocycles. The van der Waals surface area contributed by atoms with Crippen LogP contribution in [0.4, 0.5) is 0 Å². The SMILES string of the molecule is C=C(CCC=C(C)CCCC(C)CCCC(C)CCCC(C)CCCC(C)C)C1CC=C(C)CC1. The standard InChI is InChI=1S/C35H64/c1-28(2)14-9-15-29(3)16-10-17-30(4)18-11-19-31(5)20-12-21-32(6)22-13-23-34(8)35-26-24-33(7)25-27-35/h22,24,28-31,35H,8-21,23,25-27H2,1-7H3. The molecule has 0 amide bonds. The molecule has 0 nitrogen and oxygen atoms in total. The lowest BCUT2D eigenvalue weighted by atomic mass is 9.83. The van der Waals surface area contributed by atoms with Gasteiger partial charge in [-0.15, -0.1) is 0 Å². The molecule has 0 heterocycles. The molecule has 4 atom stereocenters. The van der Waals surface area contributed by atoms with Crippen molar-refractivity contribution in [1.29, 1.82) is 0 Å². The first-order valence-corrected chi connectivity index (χ1v) is 15.7. The van der Waals surface area contributed by atoms with Gasteiger partial charge in [0.1, 0.15) is 0 Å². The Morgan fingerprint density at radius 2 is 1.34 bits per heavy atom. The van der Waals surface area contributed by atoms with Crippen LogP contribution >= 0.6 is 0 Å². The van der Waals surface area contributed by atoms with Crippen LogP contribution in [-0.4, -0.2) is 0 Å². The molecule has 0 aromatic heterocycles. The van der Waals surface area contributed by atoms with Gasteiger partial charge in [0.05, 0.1) is 0 Å². The Bertz CT molecular complexity index is 604. The van der Waals surface area contributed by atoms with Gasteiger partial charge in [0, 0.05) is 0 Å². The highest BCUT2D eigenvalue weighted by Crippen LogP contribution is 2.30. The lowest BCUT2D eigenvalue weighted by Gasteiger charge is -2.22. The van der Waals surface area contributed by atoms with Crippen molar-refractivity contribution in [3.63, 3.8) is 0 Å². The molecule has 0 aromatic carbocycles. The molecule has 0 radical (unpaired) electrons. The van der Waals surface area contributed by atoms with Crippen LogP contribution in [0, 0.1) is 29.6 Å². The average Bonchev–Trinajstić information content (AvgIpc) is 2.79. The van der Waals surface area contributed by atoms with Gasteiger partial charge in [0.15, 0.2) is 0 Å². The van der Waals surface area contributed by atoms with Crippen molar-refractivity contribution in [2.75, 3.05) is 0 Å². The fourth-order valence-corrected chi connectivity index (χ4v) is 5.81. The van der Waals surface area contributed by atoms with E-state index in [-0.39, 0.29) is 0 Å². The molecule has 0 spiro atoms. The molecule has 0 N–H and O–H groups in total. The lowest BCUT2D eigenvalue weighted by molar-refractivity contribution is 0.372. The highest BCUT2D eigenvalue weighted by atomic mass is 14.2. The number of hydrogen-bond donors (Lipinski definition) is 0. The molecule has 4 unspecified atom stereocenters. The normalized spacial score (nSPS) is 19.5. The maximum atomic E-state index is 4.41. The summed E-state index contributed by atoms with van der Waals surface area (Å²) in [7, 11) is 0. The summed E-state index contributed by atoms with van der Waals surface area (Å²) in [5, 5.41) is 0. The fraction of sp³-hybridized carbons (Fsp3) is 0.829. The predicted molar refractivity (Wildman–Crippen MR) is 161 cm³/mol. The molecule has 204 valence electrons. The molecule has 1 rings (SSSR count). The largest absolute Gasteiger partial charge is 0.0996 e. The third kappa shape index (κ3) is 17.3. The molecule has 0 fully saturated rings. The maximum Gasteiger partial charge on any atom is -0.0168 e. The minimum atomic E-state index is 0.735. The molecule has 0 bridgehead atoms. The van der Waals surface area contributed by atoms with Gasteiger partial charge < -0.3 is 0 Å². The van der Waals surface area contributed by atoms with Crippen molar-refractivity contribution < 1.29 is 0 Å². The highest BCUT2D eigenvalue weighted by molar-refractivity contribution is 5.12. The van der Waals surface area contributed by atoms with Crippen LogP contribution in [0.1, 0.15) is 158 Å². The molecular weight excluding hydrogens is 420 g/mol. The summed E-state index contributed by atoms with van der Waals surface area (Å²) < 4.78 is 0. The Kier molecular flexibility index (Phi) is 17.8. The quantitative estimate of drug-likeness (QED) is 0.151. The van der Waals surface area contributed by atoms with Gasteiger partial charge in [-0.05, 0) is 88.4 Å². The van der Waals surface area contributed by atoms with E-state index in [1.54, 1.807) is 11.1 Å². The van der Waals surface area contributed by atoms with Gasteiger partial charge in [0.25, 0.3) is 0 Å². The van der Waals surface area contributed by atoms with Crippen LogP contribution < -0.4 is 0 Å². The van der Waals surface area contributed by atoms with Crippen LogP contribution in [0.3, 0.4) is 0 Å². The van der Waals surface area contributed by atoms with Crippen LogP contribution in [0.2, 0.25) is 0 Å². The Morgan fingerprint density at radius 1 is 0.829 bits per heavy atom. The molecule has 0 saturated carbocycles. The zero-order valence-electron chi connectivity index (χ0n) is 25.3. The van der Waals surface area contributed by atoms with Gasteiger partial charge in [-0.1, -0.05) is 134 Å². The Balaban J connectivity index is 2.03. The second-order valence-electron chi connectivity index (χ2n) is 13.2. The van der Waals surface area contributed by atoms with Gasteiger partial charge in [-0.25, -0.2) is 0 Å². The monoisotopic (exact) mass is 485 g/mol. The first kappa shape index (κ1) is 32.2. The lowest BCUT2D eigenvalue weighted by Crippen LogP contribution is -2.07. The molecule has 0 aliphatic heterocycles. The van der Waals surface area contributed by atoms with Crippen LogP contribution in [0.5, 0.6) is 0 Å². The van der Waals surface area contributed by atoms with Crippen molar-refractivity contribution in [2.24, 2.45) is 29.6 Å². The minimum Gasteiger partial charge on any atom is -0.0996 e. The summed E-state index contributed by atoms with van der Waals surface area (Å²) in [5.74, 6) is 4.33. The van der Waals surface area contributed by atoms with E-state index < -0.39 is 0 Å². The smallest absolute Gasteiger partial charge is 0.0168 e. The van der Waals surface area contributed by atoms with Crippen LogP contribution in [-0.2, 0) is 0 Å². The highest BCUT2D eigenvalue weighted by Gasteiger charge is 2.15. The molecule has 35 heavy (non-hydrogen) atoms. The Labute approximate surface area is 222 Å². The van der Waals surface area contributed by atoms with Gasteiger partial charge in [-0.2, -0.15) is 0 Å². The van der Waals surface area contributed by atoms with Gasteiger partial charge >= 0.3 is 0 Å². The van der Waals surface area contributed by atoms with E-state index in [9.17, 15) is 0 Å². The van der Waals surface area contributed by atoms with Crippen LogP contribution in [0.25, 0.3) is 0 Å². The summed E-state index contributed by atoms with van der Waals surface area (Å²) in [4.78, 5) is 0. The Hall–Kier alpha value is -0.780. The second-order valence-corrected chi connectivity index (χ2v) is 13.2. The molecule has 0 aromatic rings. The zero-order valence-corrected chi connectivity index (χ0v) is 25.3. The van der Waals surface area contributed by atoms with E-state index in [0.29, 0.717) is 0 Å². The molecule has 0 heteroatoms. The first-order valence-electron chi connectivity index (χ1n) is 15.7. The van der Waals surface area contributed by atoms with E-state index in [2.05, 4.69) is 67.2 Å². The van der Waals surface area contributed by atoms with Gasteiger partial charge in [0.2, 0.25) is 0 Å². The first-order chi connectivity index (χ1) is 16.7. The van der Waals surface area contributed by atoms with E-state index in [1.165, 1.54) is 115 Å².